The fraction of sp³-hybridized carbons (Fsp3) is 0.417. The second-order valence-electron chi connectivity index (χ2n) is 4.21. The zero-order valence-electron chi connectivity index (χ0n) is 10.6. The predicted molar refractivity (Wildman–Crippen MR) is 69.7 cm³/mol. The van der Waals surface area contributed by atoms with Crippen molar-refractivity contribution in [2.45, 2.75) is 18.9 Å². The van der Waals surface area contributed by atoms with E-state index in [0.717, 1.165) is 0 Å². The molecule has 0 fully saturated rings. The molecule has 7 heteroatoms. The van der Waals surface area contributed by atoms with E-state index in [2.05, 4.69) is 15.3 Å². The number of hydrogen-bond acceptors (Lipinski definition) is 4. The Morgan fingerprint density at radius 3 is 2.63 bits per heavy atom. The lowest BCUT2D eigenvalue weighted by Crippen LogP contribution is -2.47. The van der Waals surface area contributed by atoms with E-state index in [4.69, 9.17) is 5.53 Å². The van der Waals surface area contributed by atoms with Crippen molar-refractivity contribution in [3.8, 4) is 5.75 Å². The SMILES string of the molecule is CC(NCCCN=[N+]=[N-])(C(=O)O)c1ccc(O)cc1. The maximum Gasteiger partial charge on any atom is 0.328 e. The summed E-state index contributed by atoms with van der Waals surface area (Å²) in [7, 11) is 0. The van der Waals surface area contributed by atoms with E-state index in [0.29, 0.717) is 25.1 Å². The van der Waals surface area contributed by atoms with E-state index in [1.807, 2.05) is 0 Å². The molecule has 0 amide bonds. The lowest BCUT2D eigenvalue weighted by molar-refractivity contribution is -0.144. The molecule has 1 aromatic carbocycles. The highest BCUT2D eigenvalue weighted by Crippen LogP contribution is 2.23. The molecule has 19 heavy (non-hydrogen) atoms. The largest absolute Gasteiger partial charge is 0.508 e. The van der Waals surface area contributed by atoms with Crippen molar-refractivity contribution in [1.82, 2.24) is 5.32 Å². The lowest BCUT2D eigenvalue weighted by Gasteiger charge is -2.27. The van der Waals surface area contributed by atoms with Crippen LogP contribution in [0.2, 0.25) is 0 Å². The summed E-state index contributed by atoms with van der Waals surface area (Å²) in [5, 5.41) is 24.9. The average molecular weight is 264 g/mol. The first kappa shape index (κ1) is 14.8. The fourth-order valence-corrected chi connectivity index (χ4v) is 1.63. The van der Waals surface area contributed by atoms with Crippen molar-refractivity contribution >= 4 is 5.97 Å². The molecule has 0 heterocycles. The Hall–Kier alpha value is -2.24. The summed E-state index contributed by atoms with van der Waals surface area (Å²) in [6, 6.07) is 6.00. The Kier molecular flexibility index (Phi) is 5.17. The van der Waals surface area contributed by atoms with Gasteiger partial charge in [-0.1, -0.05) is 17.2 Å². The minimum absolute atomic E-state index is 0.0832. The van der Waals surface area contributed by atoms with Crippen molar-refractivity contribution in [2.75, 3.05) is 13.1 Å². The highest BCUT2D eigenvalue weighted by atomic mass is 16.4. The van der Waals surface area contributed by atoms with Crippen molar-refractivity contribution in [1.29, 1.82) is 0 Å². The van der Waals surface area contributed by atoms with Crippen LogP contribution in [0.4, 0.5) is 0 Å². The number of azide groups is 1. The number of carboxylic acids is 1. The molecule has 0 aliphatic heterocycles. The Morgan fingerprint density at radius 1 is 1.47 bits per heavy atom. The first-order chi connectivity index (χ1) is 9.00. The molecule has 102 valence electrons. The molecule has 0 spiro atoms. The number of phenols is 1. The van der Waals surface area contributed by atoms with Gasteiger partial charge in [-0.25, -0.2) is 4.79 Å². The van der Waals surface area contributed by atoms with Crippen molar-refractivity contribution in [3.63, 3.8) is 0 Å². The zero-order valence-corrected chi connectivity index (χ0v) is 10.6. The van der Waals surface area contributed by atoms with Crippen LogP contribution in [0.3, 0.4) is 0 Å². The quantitative estimate of drug-likeness (QED) is 0.302. The van der Waals surface area contributed by atoms with Crippen molar-refractivity contribution in [2.24, 2.45) is 5.11 Å². The van der Waals surface area contributed by atoms with Crippen LogP contribution in [0, 0.1) is 0 Å². The van der Waals surface area contributed by atoms with Crippen LogP contribution >= 0.6 is 0 Å². The predicted octanol–water partition coefficient (Wildman–Crippen LogP) is 1.98. The molecule has 1 aromatic rings. The van der Waals surface area contributed by atoms with E-state index >= 15 is 0 Å². The lowest BCUT2D eigenvalue weighted by atomic mass is 9.92. The van der Waals surface area contributed by atoms with Gasteiger partial charge in [-0.3, -0.25) is 5.32 Å². The number of carboxylic acid groups (broad SMARTS) is 1. The number of carbonyl (C=O) groups is 1. The Labute approximate surface area is 110 Å². The van der Waals surface area contributed by atoms with Crippen molar-refractivity contribution in [3.05, 3.63) is 40.3 Å². The highest BCUT2D eigenvalue weighted by molar-refractivity contribution is 5.80. The molecule has 0 saturated heterocycles. The van der Waals surface area contributed by atoms with Gasteiger partial charge in [0.2, 0.25) is 0 Å². The molecule has 0 aromatic heterocycles. The minimum atomic E-state index is -1.25. The minimum Gasteiger partial charge on any atom is -0.508 e. The van der Waals surface area contributed by atoms with Gasteiger partial charge in [0.25, 0.3) is 0 Å². The summed E-state index contributed by atoms with van der Waals surface area (Å²) in [5.41, 5.74) is 7.43. The van der Waals surface area contributed by atoms with Crippen LogP contribution in [0.1, 0.15) is 18.9 Å². The van der Waals surface area contributed by atoms with Gasteiger partial charge in [0.1, 0.15) is 11.3 Å². The summed E-state index contributed by atoms with van der Waals surface area (Å²) in [6.07, 6.45) is 0.547. The smallest absolute Gasteiger partial charge is 0.328 e. The van der Waals surface area contributed by atoms with Gasteiger partial charge in [-0.15, -0.1) is 0 Å². The van der Waals surface area contributed by atoms with Crippen LogP contribution in [0.15, 0.2) is 29.4 Å². The third-order valence-electron chi connectivity index (χ3n) is 2.85. The van der Waals surface area contributed by atoms with Gasteiger partial charge in [0.15, 0.2) is 0 Å². The van der Waals surface area contributed by atoms with Crippen LogP contribution < -0.4 is 5.32 Å². The van der Waals surface area contributed by atoms with Gasteiger partial charge in [0, 0.05) is 11.5 Å². The Morgan fingerprint density at radius 2 is 2.11 bits per heavy atom. The number of nitrogens with one attached hydrogen (secondary N) is 1. The van der Waals surface area contributed by atoms with Crippen LogP contribution in [-0.2, 0) is 10.3 Å². The number of phenolic OH excluding ortho intramolecular Hbond substituents is 1. The summed E-state index contributed by atoms with van der Waals surface area (Å²) in [5.74, 6) is -0.929. The van der Waals surface area contributed by atoms with Gasteiger partial charge < -0.3 is 10.2 Å². The summed E-state index contributed by atoms with van der Waals surface area (Å²) >= 11 is 0. The van der Waals surface area contributed by atoms with Gasteiger partial charge in [-0.2, -0.15) is 0 Å². The number of hydrogen-bond donors (Lipinski definition) is 3. The molecule has 0 aliphatic carbocycles. The Bertz CT molecular complexity index is 482. The van der Waals surface area contributed by atoms with Crippen LogP contribution in [0.25, 0.3) is 10.4 Å². The molecule has 0 aliphatic rings. The maximum absolute atomic E-state index is 11.4. The average Bonchev–Trinajstić information content (AvgIpc) is 2.38. The van der Waals surface area contributed by atoms with E-state index in [1.54, 1.807) is 19.1 Å². The third kappa shape index (κ3) is 3.87. The number of aliphatic carboxylic acids is 1. The molecule has 1 rings (SSSR count). The molecule has 1 unspecified atom stereocenters. The second-order valence-corrected chi connectivity index (χ2v) is 4.21. The van der Waals surface area contributed by atoms with Crippen LogP contribution in [-0.4, -0.2) is 29.3 Å². The summed E-state index contributed by atoms with van der Waals surface area (Å²) in [4.78, 5) is 14.0. The highest BCUT2D eigenvalue weighted by Gasteiger charge is 2.34. The standard InChI is InChI=1S/C12H16N4O3/c1-12(11(18)19,14-7-2-8-15-16-13)9-3-5-10(17)6-4-9/h3-6,14,17H,2,7-8H2,1H3,(H,18,19). The zero-order chi connectivity index (χ0) is 14.3. The van der Waals surface area contributed by atoms with Crippen LogP contribution in [0.5, 0.6) is 5.75 Å². The molecule has 1 atom stereocenters. The molecule has 7 nitrogen and oxygen atoms in total. The van der Waals surface area contributed by atoms with E-state index in [1.165, 1.54) is 12.1 Å². The van der Waals surface area contributed by atoms with Gasteiger partial charge in [0.05, 0.1) is 0 Å². The normalized spacial score (nSPS) is 13.3. The van der Waals surface area contributed by atoms with Gasteiger partial charge >= 0.3 is 5.97 Å². The molecule has 3 N–H and O–H groups in total. The summed E-state index contributed by atoms with van der Waals surface area (Å²) in [6.45, 7) is 2.27. The first-order valence-corrected chi connectivity index (χ1v) is 5.79. The Balaban J connectivity index is 2.76. The molecule has 0 saturated carbocycles. The number of aromatic hydroxyl groups is 1. The molecular weight excluding hydrogens is 248 g/mol. The number of rotatable bonds is 7. The van der Waals surface area contributed by atoms with E-state index < -0.39 is 11.5 Å². The topological polar surface area (TPSA) is 118 Å². The number of benzene rings is 1. The first-order valence-electron chi connectivity index (χ1n) is 5.79. The summed E-state index contributed by atoms with van der Waals surface area (Å²) < 4.78 is 0. The molecular formula is C12H16N4O3. The third-order valence-corrected chi connectivity index (χ3v) is 2.85. The monoisotopic (exact) mass is 264 g/mol. The molecule has 0 radical (unpaired) electrons. The molecule has 0 bridgehead atoms. The second kappa shape index (κ2) is 6.63. The number of nitrogens with zero attached hydrogens (tertiary/aromatic N) is 3. The van der Waals surface area contributed by atoms with E-state index in [9.17, 15) is 15.0 Å². The van der Waals surface area contributed by atoms with Crippen molar-refractivity contribution < 1.29 is 15.0 Å². The fourth-order valence-electron chi connectivity index (χ4n) is 1.63. The maximum atomic E-state index is 11.4. The van der Waals surface area contributed by atoms with E-state index in [-0.39, 0.29) is 5.75 Å². The van der Waals surface area contributed by atoms with Gasteiger partial charge in [-0.05, 0) is 43.1 Å².